The summed E-state index contributed by atoms with van der Waals surface area (Å²) in [6.07, 6.45) is 10.5. The number of rotatable bonds is 6. The highest BCUT2D eigenvalue weighted by Crippen LogP contribution is 2.28. The summed E-state index contributed by atoms with van der Waals surface area (Å²) in [5.41, 5.74) is 13.9. The van der Waals surface area contributed by atoms with E-state index >= 15 is 0 Å². The molecule has 160 valence electrons. The van der Waals surface area contributed by atoms with Gasteiger partial charge in [0.15, 0.2) is 11.6 Å². The van der Waals surface area contributed by atoms with Crippen molar-refractivity contribution in [1.29, 1.82) is 0 Å². The van der Waals surface area contributed by atoms with Crippen LogP contribution >= 0.6 is 0 Å². The van der Waals surface area contributed by atoms with Gasteiger partial charge < -0.3 is 22.1 Å². The van der Waals surface area contributed by atoms with Crippen LogP contribution in [0, 0.1) is 5.82 Å². The third kappa shape index (κ3) is 4.77. The van der Waals surface area contributed by atoms with Crippen LogP contribution in [0.1, 0.15) is 36.0 Å². The van der Waals surface area contributed by atoms with Crippen molar-refractivity contribution in [2.75, 3.05) is 10.6 Å². The quantitative estimate of drug-likeness (QED) is 0.480. The van der Waals surface area contributed by atoms with Crippen molar-refractivity contribution >= 4 is 23.2 Å². The lowest BCUT2D eigenvalue weighted by Crippen LogP contribution is -2.43. The first-order valence-electron chi connectivity index (χ1n) is 10.2. The van der Waals surface area contributed by atoms with Gasteiger partial charge in [0.2, 0.25) is 0 Å². The molecule has 1 saturated carbocycles. The number of pyridine rings is 3. The SMILES string of the molecule is NC(=O)c1cc(F)c(N[C@@H]2CCCC[C@@H]2N)nc1Nc1cncc(-c2ccncc2)c1. The van der Waals surface area contributed by atoms with Crippen LogP contribution in [0.3, 0.4) is 0 Å². The summed E-state index contributed by atoms with van der Waals surface area (Å²) in [4.78, 5) is 24.5. The Balaban J connectivity index is 1.64. The van der Waals surface area contributed by atoms with E-state index in [1.165, 1.54) is 0 Å². The van der Waals surface area contributed by atoms with Crippen molar-refractivity contribution in [2.45, 2.75) is 37.8 Å². The Morgan fingerprint density at radius 3 is 2.55 bits per heavy atom. The van der Waals surface area contributed by atoms with Gasteiger partial charge in [0.1, 0.15) is 5.82 Å². The Hall–Kier alpha value is -3.59. The van der Waals surface area contributed by atoms with Gasteiger partial charge in [-0.05, 0) is 42.7 Å². The molecular weight excluding hydrogens is 397 g/mol. The number of hydrogen-bond acceptors (Lipinski definition) is 7. The molecule has 2 atom stereocenters. The minimum Gasteiger partial charge on any atom is -0.365 e. The second kappa shape index (κ2) is 9.05. The van der Waals surface area contributed by atoms with Crippen LogP contribution in [0.15, 0.2) is 49.1 Å². The van der Waals surface area contributed by atoms with E-state index < -0.39 is 11.7 Å². The van der Waals surface area contributed by atoms with Crippen molar-refractivity contribution < 1.29 is 9.18 Å². The largest absolute Gasteiger partial charge is 0.365 e. The highest BCUT2D eigenvalue weighted by Gasteiger charge is 2.24. The molecule has 31 heavy (non-hydrogen) atoms. The lowest BCUT2D eigenvalue weighted by Gasteiger charge is -2.30. The first kappa shape index (κ1) is 20.7. The van der Waals surface area contributed by atoms with E-state index in [9.17, 15) is 9.18 Å². The van der Waals surface area contributed by atoms with Crippen LogP contribution in [0.25, 0.3) is 11.1 Å². The predicted molar refractivity (Wildman–Crippen MR) is 117 cm³/mol. The fraction of sp³-hybridized carbons (Fsp3) is 0.273. The van der Waals surface area contributed by atoms with E-state index in [2.05, 4.69) is 25.6 Å². The van der Waals surface area contributed by atoms with Gasteiger partial charge in [-0.25, -0.2) is 9.37 Å². The molecule has 1 aliphatic carbocycles. The summed E-state index contributed by atoms with van der Waals surface area (Å²) in [6.45, 7) is 0. The zero-order valence-electron chi connectivity index (χ0n) is 16.9. The average Bonchev–Trinajstić information content (AvgIpc) is 2.78. The monoisotopic (exact) mass is 421 g/mol. The highest BCUT2D eigenvalue weighted by molar-refractivity contribution is 5.98. The Bertz CT molecular complexity index is 1080. The van der Waals surface area contributed by atoms with E-state index in [0.717, 1.165) is 42.9 Å². The summed E-state index contributed by atoms with van der Waals surface area (Å²) in [7, 11) is 0. The molecular formula is C22H24FN7O. The molecule has 0 aliphatic heterocycles. The summed E-state index contributed by atoms with van der Waals surface area (Å²) in [6, 6.07) is 6.50. The van der Waals surface area contributed by atoms with E-state index in [-0.39, 0.29) is 29.3 Å². The number of amides is 1. The van der Waals surface area contributed by atoms with Gasteiger partial charge in [-0.3, -0.25) is 14.8 Å². The van der Waals surface area contributed by atoms with Crippen molar-refractivity contribution in [2.24, 2.45) is 11.5 Å². The number of carbonyl (C=O) groups is 1. The minimum atomic E-state index is -0.784. The molecule has 0 unspecified atom stereocenters. The fourth-order valence-corrected chi connectivity index (χ4v) is 3.73. The smallest absolute Gasteiger partial charge is 0.252 e. The van der Waals surface area contributed by atoms with Gasteiger partial charge in [0.25, 0.3) is 5.91 Å². The molecule has 0 radical (unpaired) electrons. The lowest BCUT2D eigenvalue weighted by molar-refractivity contribution is 0.100. The van der Waals surface area contributed by atoms with Gasteiger partial charge in [0, 0.05) is 36.2 Å². The van der Waals surface area contributed by atoms with Crippen molar-refractivity contribution in [3.63, 3.8) is 0 Å². The molecule has 0 spiro atoms. The van der Waals surface area contributed by atoms with Gasteiger partial charge in [-0.15, -0.1) is 0 Å². The zero-order valence-corrected chi connectivity index (χ0v) is 16.9. The molecule has 3 aromatic heterocycles. The van der Waals surface area contributed by atoms with Gasteiger partial charge >= 0.3 is 0 Å². The minimum absolute atomic E-state index is 0.0353. The van der Waals surface area contributed by atoms with Gasteiger partial charge in [-0.2, -0.15) is 0 Å². The topological polar surface area (TPSA) is 132 Å². The second-order valence-electron chi connectivity index (χ2n) is 7.60. The average molecular weight is 421 g/mol. The number of nitrogens with zero attached hydrogens (tertiary/aromatic N) is 3. The van der Waals surface area contributed by atoms with Gasteiger partial charge in [0.05, 0.1) is 17.4 Å². The number of hydrogen-bond donors (Lipinski definition) is 4. The van der Waals surface area contributed by atoms with Crippen LogP contribution < -0.4 is 22.1 Å². The first-order chi connectivity index (χ1) is 15.0. The van der Waals surface area contributed by atoms with Crippen LogP contribution in [0.4, 0.5) is 21.7 Å². The number of halogens is 1. The van der Waals surface area contributed by atoms with E-state index in [0.29, 0.717) is 5.69 Å². The standard InChI is InChI=1S/C22H24FN7O/c23-17-10-16(20(25)31)21(30-22(17)29-19-4-2-1-3-18(19)24)28-15-9-14(11-27-12-15)13-5-7-26-8-6-13/h5-12,18-19H,1-4,24H2,(H2,25,31)(H2,28,29,30)/t18-,19+/m0/s1. The molecule has 0 saturated heterocycles. The van der Waals surface area contributed by atoms with E-state index in [4.69, 9.17) is 11.5 Å². The number of nitrogens with one attached hydrogen (secondary N) is 2. The first-order valence-corrected chi connectivity index (χ1v) is 10.2. The Labute approximate surface area is 179 Å². The molecule has 6 N–H and O–H groups in total. The second-order valence-corrected chi connectivity index (χ2v) is 7.60. The number of aromatic nitrogens is 3. The molecule has 4 rings (SSSR count). The van der Waals surface area contributed by atoms with E-state index in [1.54, 1.807) is 24.8 Å². The van der Waals surface area contributed by atoms with Crippen LogP contribution in [0.5, 0.6) is 0 Å². The van der Waals surface area contributed by atoms with Crippen molar-refractivity contribution in [3.8, 4) is 11.1 Å². The molecule has 0 aromatic carbocycles. The van der Waals surface area contributed by atoms with Crippen molar-refractivity contribution in [1.82, 2.24) is 15.0 Å². The van der Waals surface area contributed by atoms with Crippen LogP contribution in [-0.2, 0) is 0 Å². The molecule has 9 heteroatoms. The predicted octanol–water partition coefficient (Wildman–Crippen LogP) is 3.20. The zero-order chi connectivity index (χ0) is 21.8. The lowest BCUT2D eigenvalue weighted by atomic mass is 9.91. The molecule has 1 fully saturated rings. The molecule has 3 aromatic rings. The number of anilines is 3. The molecule has 8 nitrogen and oxygen atoms in total. The third-order valence-electron chi connectivity index (χ3n) is 5.40. The number of primary amides is 1. The number of carbonyl (C=O) groups excluding carboxylic acids is 1. The number of nitrogens with two attached hydrogens (primary N) is 2. The summed E-state index contributed by atoms with van der Waals surface area (Å²) < 4.78 is 14.7. The van der Waals surface area contributed by atoms with Crippen LogP contribution in [-0.4, -0.2) is 32.9 Å². The summed E-state index contributed by atoms with van der Waals surface area (Å²) in [5, 5.41) is 6.15. The van der Waals surface area contributed by atoms with Crippen LogP contribution in [0.2, 0.25) is 0 Å². The molecule has 3 heterocycles. The normalized spacial score (nSPS) is 18.4. The van der Waals surface area contributed by atoms with Crippen molar-refractivity contribution in [3.05, 3.63) is 60.4 Å². The van der Waals surface area contributed by atoms with Gasteiger partial charge in [-0.1, -0.05) is 12.8 Å². The summed E-state index contributed by atoms with van der Waals surface area (Å²) >= 11 is 0. The Kier molecular flexibility index (Phi) is 6.03. The molecule has 1 aliphatic rings. The highest BCUT2D eigenvalue weighted by atomic mass is 19.1. The molecule has 1 amide bonds. The Morgan fingerprint density at radius 1 is 1.03 bits per heavy atom. The maximum atomic E-state index is 14.7. The maximum absolute atomic E-state index is 14.7. The Morgan fingerprint density at radius 2 is 1.81 bits per heavy atom. The summed E-state index contributed by atoms with van der Waals surface area (Å²) in [5.74, 6) is -1.25. The maximum Gasteiger partial charge on any atom is 0.252 e. The van der Waals surface area contributed by atoms with E-state index in [1.807, 2.05) is 18.2 Å². The fourth-order valence-electron chi connectivity index (χ4n) is 3.73. The third-order valence-corrected chi connectivity index (χ3v) is 5.40. The molecule has 0 bridgehead atoms.